The number of rotatable bonds is 3. The van der Waals surface area contributed by atoms with Crippen LogP contribution >= 0.6 is 15.9 Å². The molecule has 4 N–H and O–H groups in total. The van der Waals surface area contributed by atoms with Crippen LogP contribution in [0.4, 0.5) is 0 Å². The third kappa shape index (κ3) is 3.27. The maximum atomic E-state index is 12.4. The number of carbonyl (C=O) groups excluding carboxylic acids is 1. The first kappa shape index (κ1) is 17.9. The molecular formula is C21H14BrN3O3. The molecule has 0 atom stereocenters. The van der Waals surface area contributed by atoms with Crippen molar-refractivity contribution in [2.75, 3.05) is 0 Å². The monoisotopic (exact) mass is 435 g/mol. The molecule has 0 aliphatic heterocycles. The number of nitrogens with two attached hydrogens (primary N) is 1. The standard InChI is InChI=1S/C21H14BrN3O3/c22-15-7-5-11(6-8-15)14-9-16(12-1-3-13(4-2-12)19(23)26)18-17(10-14)20(27)25-21(28)24-18/h1-10H,(H2,23,26)(H2,24,25,27,28). The summed E-state index contributed by atoms with van der Waals surface area (Å²) in [6.45, 7) is 0. The third-order valence-corrected chi connectivity index (χ3v) is 5.04. The minimum absolute atomic E-state index is 0.369. The number of hydrogen-bond donors (Lipinski definition) is 3. The summed E-state index contributed by atoms with van der Waals surface area (Å²) >= 11 is 3.41. The molecule has 0 bridgehead atoms. The van der Waals surface area contributed by atoms with E-state index in [4.69, 9.17) is 5.73 Å². The van der Waals surface area contributed by atoms with E-state index < -0.39 is 17.2 Å². The van der Waals surface area contributed by atoms with E-state index in [0.29, 0.717) is 22.0 Å². The molecule has 6 nitrogen and oxygen atoms in total. The van der Waals surface area contributed by atoms with Crippen LogP contribution < -0.4 is 17.0 Å². The summed E-state index contributed by atoms with van der Waals surface area (Å²) < 4.78 is 0.946. The minimum atomic E-state index is -0.580. The molecule has 0 unspecified atom stereocenters. The van der Waals surface area contributed by atoms with Crippen molar-refractivity contribution in [2.45, 2.75) is 0 Å². The van der Waals surface area contributed by atoms with Crippen LogP contribution in [-0.4, -0.2) is 15.9 Å². The van der Waals surface area contributed by atoms with Crippen LogP contribution in [0.15, 0.2) is 74.7 Å². The molecule has 28 heavy (non-hydrogen) atoms. The van der Waals surface area contributed by atoms with E-state index in [1.54, 1.807) is 30.3 Å². The Kier molecular flexibility index (Phi) is 4.44. The second kappa shape index (κ2) is 6.94. The lowest BCUT2D eigenvalue weighted by atomic mass is 9.95. The van der Waals surface area contributed by atoms with Crippen molar-refractivity contribution < 1.29 is 4.79 Å². The molecule has 3 aromatic carbocycles. The van der Waals surface area contributed by atoms with Crippen LogP contribution in [0.25, 0.3) is 33.2 Å². The van der Waals surface area contributed by atoms with Gasteiger partial charge in [0.15, 0.2) is 0 Å². The van der Waals surface area contributed by atoms with Crippen LogP contribution in [0.5, 0.6) is 0 Å². The second-order valence-electron chi connectivity index (χ2n) is 6.30. The molecule has 7 heteroatoms. The maximum Gasteiger partial charge on any atom is 0.326 e. The van der Waals surface area contributed by atoms with Crippen LogP contribution in [0.2, 0.25) is 0 Å². The lowest BCUT2D eigenvalue weighted by molar-refractivity contribution is 0.100. The Morgan fingerprint density at radius 1 is 0.821 bits per heavy atom. The van der Waals surface area contributed by atoms with Crippen molar-refractivity contribution in [3.8, 4) is 22.3 Å². The Bertz CT molecular complexity index is 1320. The number of nitrogens with one attached hydrogen (secondary N) is 2. The average Bonchev–Trinajstić information content (AvgIpc) is 2.68. The minimum Gasteiger partial charge on any atom is -0.366 e. The highest BCUT2D eigenvalue weighted by atomic mass is 79.9. The molecule has 4 rings (SSSR count). The van der Waals surface area contributed by atoms with Gasteiger partial charge in [-0.2, -0.15) is 0 Å². The van der Waals surface area contributed by atoms with Gasteiger partial charge < -0.3 is 10.7 Å². The predicted octanol–water partition coefficient (Wildman–Crippen LogP) is 3.41. The van der Waals surface area contributed by atoms with Gasteiger partial charge in [-0.3, -0.25) is 14.6 Å². The lowest BCUT2D eigenvalue weighted by Gasteiger charge is -2.11. The largest absolute Gasteiger partial charge is 0.366 e. The van der Waals surface area contributed by atoms with E-state index in [9.17, 15) is 14.4 Å². The number of aromatic nitrogens is 2. The van der Waals surface area contributed by atoms with E-state index in [2.05, 4.69) is 25.9 Å². The SMILES string of the molecule is NC(=O)c1ccc(-c2cc(-c3ccc(Br)cc3)cc3c(=O)[nH]c(=O)[nH]c23)cc1. The van der Waals surface area contributed by atoms with Crippen molar-refractivity contribution in [2.24, 2.45) is 5.73 Å². The first-order valence-corrected chi connectivity index (χ1v) is 9.18. The van der Waals surface area contributed by atoms with Crippen molar-refractivity contribution in [1.82, 2.24) is 9.97 Å². The average molecular weight is 436 g/mol. The van der Waals surface area contributed by atoms with Crippen LogP contribution in [0.1, 0.15) is 10.4 Å². The van der Waals surface area contributed by atoms with E-state index in [-0.39, 0.29) is 0 Å². The van der Waals surface area contributed by atoms with Crippen molar-refractivity contribution in [1.29, 1.82) is 0 Å². The Hall–Kier alpha value is -3.45. The Labute approximate surface area is 167 Å². The van der Waals surface area contributed by atoms with Gasteiger partial charge in [-0.15, -0.1) is 0 Å². The summed E-state index contributed by atoms with van der Waals surface area (Å²) in [6.07, 6.45) is 0. The summed E-state index contributed by atoms with van der Waals surface area (Å²) in [5.74, 6) is -0.523. The first-order valence-electron chi connectivity index (χ1n) is 8.39. The molecule has 138 valence electrons. The van der Waals surface area contributed by atoms with Gasteiger partial charge in [0.25, 0.3) is 5.56 Å². The van der Waals surface area contributed by atoms with Crippen molar-refractivity contribution >= 4 is 32.7 Å². The Balaban J connectivity index is 2.02. The zero-order valence-electron chi connectivity index (χ0n) is 14.5. The molecule has 0 aliphatic carbocycles. The first-order chi connectivity index (χ1) is 13.4. The Morgan fingerprint density at radius 2 is 1.46 bits per heavy atom. The van der Waals surface area contributed by atoms with E-state index in [1.807, 2.05) is 30.3 Å². The molecule has 1 amide bonds. The van der Waals surface area contributed by atoms with E-state index in [0.717, 1.165) is 21.2 Å². The highest BCUT2D eigenvalue weighted by molar-refractivity contribution is 9.10. The number of amides is 1. The van der Waals surface area contributed by atoms with Gasteiger partial charge in [0.2, 0.25) is 5.91 Å². The topological polar surface area (TPSA) is 109 Å². The number of benzene rings is 3. The molecular weight excluding hydrogens is 422 g/mol. The normalized spacial score (nSPS) is 10.9. The fourth-order valence-electron chi connectivity index (χ4n) is 3.12. The summed E-state index contributed by atoms with van der Waals surface area (Å²) in [5.41, 5.74) is 8.24. The van der Waals surface area contributed by atoms with Gasteiger partial charge >= 0.3 is 5.69 Å². The van der Waals surface area contributed by atoms with Crippen LogP contribution in [0.3, 0.4) is 0 Å². The van der Waals surface area contributed by atoms with Crippen molar-refractivity contribution in [3.63, 3.8) is 0 Å². The highest BCUT2D eigenvalue weighted by Gasteiger charge is 2.12. The maximum absolute atomic E-state index is 12.4. The quantitative estimate of drug-likeness (QED) is 0.458. The number of hydrogen-bond acceptors (Lipinski definition) is 3. The fraction of sp³-hybridized carbons (Fsp3) is 0. The summed E-state index contributed by atoms with van der Waals surface area (Å²) in [4.78, 5) is 40.6. The Morgan fingerprint density at radius 3 is 2.11 bits per heavy atom. The smallest absolute Gasteiger partial charge is 0.326 e. The zero-order chi connectivity index (χ0) is 19.8. The van der Waals surface area contributed by atoms with Gasteiger partial charge in [-0.1, -0.05) is 40.2 Å². The number of halogens is 1. The zero-order valence-corrected chi connectivity index (χ0v) is 16.0. The number of H-pyrrole nitrogens is 2. The number of primary amides is 1. The molecule has 0 radical (unpaired) electrons. The summed E-state index contributed by atoms with van der Waals surface area (Å²) in [7, 11) is 0. The molecule has 0 aliphatic rings. The number of fused-ring (bicyclic) bond motifs is 1. The third-order valence-electron chi connectivity index (χ3n) is 4.51. The fourth-order valence-corrected chi connectivity index (χ4v) is 3.39. The molecule has 0 spiro atoms. The number of aromatic amines is 2. The van der Waals surface area contributed by atoms with Gasteiger partial charge in [0.05, 0.1) is 10.9 Å². The van der Waals surface area contributed by atoms with Gasteiger partial charge in [-0.05, 0) is 53.1 Å². The summed E-state index contributed by atoms with van der Waals surface area (Å²) in [5, 5.41) is 0.369. The molecule has 0 saturated carbocycles. The lowest BCUT2D eigenvalue weighted by Crippen LogP contribution is -2.22. The predicted molar refractivity (Wildman–Crippen MR) is 112 cm³/mol. The highest BCUT2D eigenvalue weighted by Crippen LogP contribution is 2.32. The molecule has 1 aromatic heterocycles. The van der Waals surface area contributed by atoms with Gasteiger partial charge in [-0.25, -0.2) is 4.79 Å². The van der Waals surface area contributed by atoms with Gasteiger partial charge in [0, 0.05) is 15.6 Å². The van der Waals surface area contributed by atoms with Crippen LogP contribution in [-0.2, 0) is 0 Å². The van der Waals surface area contributed by atoms with Crippen molar-refractivity contribution in [3.05, 3.63) is 91.5 Å². The molecule has 4 aromatic rings. The molecule has 0 fully saturated rings. The van der Waals surface area contributed by atoms with Gasteiger partial charge in [0.1, 0.15) is 0 Å². The second-order valence-corrected chi connectivity index (χ2v) is 7.22. The van der Waals surface area contributed by atoms with E-state index >= 15 is 0 Å². The summed E-state index contributed by atoms with van der Waals surface area (Å²) in [6, 6.07) is 18.0. The number of carbonyl (C=O) groups is 1. The van der Waals surface area contributed by atoms with E-state index in [1.165, 1.54) is 0 Å². The van der Waals surface area contributed by atoms with Crippen LogP contribution in [0, 0.1) is 0 Å². The molecule has 0 saturated heterocycles. The molecule has 1 heterocycles.